The molecule has 0 aliphatic carbocycles. The first-order chi connectivity index (χ1) is 12.1. The van der Waals surface area contributed by atoms with Crippen LogP contribution in [-0.2, 0) is 16.1 Å². The summed E-state index contributed by atoms with van der Waals surface area (Å²) >= 11 is 1.43. The molecular formula is C18H23N3O3S. The zero-order valence-corrected chi connectivity index (χ0v) is 15.3. The first-order valence-electron chi connectivity index (χ1n) is 8.43. The largest absolute Gasteiger partial charge is 0.387 e. The number of hydrogen-bond donors (Lipinski definition) is 1. The van der Waals surface area contributed by atoms with Crippen LogP contribution in [0.2, 0.25) is 0 Å². The predicted octanol–water partition coefficient (Wildman–Crippen LogP) is 2.83. The summed E-state index contributed by atoms with van der Waals surface area (Å²) in [6.07, 6.45) is 6.49. The monoisotopic (exact) mass is 361 g/mol. The number of hydrogen-bond acceptors (Lipinski definition) is 5. The molecule has 0 bridgehead atoms. The number of unbranched alkanes of at least 4 members (excludes halogenated alkanes) is 1. The number of aromatic nitrogens is 2. The highest BCUT2D eigenvalue weighted by Gasteiger charge is 2.32. The van der Waals surface area contributed by atoms with E-state index in [-0.39, 0.29) is 5.91 Å². The number of nitrogens with zero attached hydrogens (tertiary/aromatic N) is 3. The number of anilines is 1. The van der Waals surface area contributed by atoms with E-state index < -0.39 is 11.5 Å². The number of rotatable bonds is 7. The van der Waals surface area contributed by atoms with Crippen LogP contribution in [0.25, 0.3) is 0 Å². The number of aliphatic hydroxyl groups is 1. The smallest absolute Gasteiger partial charge is 0.266 e. The number of amides is 1. The zero-order chi connectivity index (χ0) is 17.8. The number of fused-ring (bicyclic) bond motifs is 1. The van der Waals surface area contributed by atoms with Crippen LogP contribution in [0.15, 0.2) is 41.8 Å². The number of carbonyl (C=O) groups excluding carboxylic acids is 1. The van der Waals surface area contributed by atoms with E-state index in [1.165, 1.54) is 11.8 Å². The number of likely N-dealkylation sites (N-methyl/N-ethyl adjacent to an activating group) is 1. The molecule has 1 amide bonds. The number of carbonyl (C=O) groups is 1. The molecule has 6 nitrogen and oxygen atoms in total. The molecule has 2 aromatic rings. The van der Waals surface area contributed by atoms with Gasteiger partial charge >= 0.3 is 0 Å². The highest BCUT2D eigenvalue weighted by atomic mass is 32.2. The Bertz CT molecular complexity index is 720. The van der Waals surface area contributed by atoms with E-state index in [4.69, 9.17) is 4.74 Å². The van der Waals surface area contributed by atoms with Gasteiger partial charge in [0.1, 0.15) is 0 Å². The molecule has 1 aromatic carbocycles. The third kappa shape index (κ3) is 4.05. The molecule has 0 spiro atoms. The van der Waals surface area contributed by atoms with Crippen LogP contribution < -0.4 is 4.90 Å². The van der Waals surface area contributed by atoms with Crippen molar-refractivity contribution in [1.82, 2.24) is 9.55 Å². The summed E-state index contributed by atoms with van der Waals surface area (Å²) in [4.78, 5) is 19.1. The van der Waals surface area contributed by atoms with Crippen LogP contribution >= 0.6 is 11.8 Å². The van der Waals surface area contributed by atoms with Gasteiger partial charge in [0.15, 0.2) is 5.44 Å². The first kappa shape index (κ1) is 18.0. The van der Waals surface area contributed by atoms with Gasteiger partial charge in [-0.2, -0.15) is 0 Å². The Morgan fingerprint density at radius 3 is 3.00 bits per heavy atom. The molecule has 0 unspecified atom stereocenters. The second kappa shape index (κ2) is 8.03. The third-order valence-electron chi connectivity index (χ3n) is 4.21. The van der Waals surface area contributed by atoms with Gasteiger partial charge in [-0.05, 0) is 24.1 Å². The van der Waals surface area contributed by atoms with Crippen molar-refractivity contribution in [3.8, 4) is 0 Å². The summed E-state index contributed by atoms with van der Waals surface area (Å²) in [5.41, 5.74) is 1.09. The van der Waals surface area contributed by atoms with Crippen molar-refractivity contribution >= 4 is 23.4 Å². The van der Waals surface area contributed by atoms with Crippen molar-refractivity contribution in [2.24, 2.45) is 0 Å². The number of ether oxygens (including phenoxy) is 1. The molecule has 0 saturated carbocycles. The molecule has 2 heterocycles. The van der Waals surface area contributed by atoms with Crippen molar-refractivity contribution in [2.75, 3.05) is 18.6 Å². The van der Waals surface area contributed by atoms with Crippen molar-refractivity contribution in [3.05, 3.63) is 42.5 Å². The van der Waals surface area contributed by atoms with Gasteiger partial charge in [-0.25, -0.2) is 4.98 Å². The molecule has 1 aliphatic heterocycles. The maximum atomic E-state index is 12.5. The summed E-state index contributed by atoms with van der Waals surface area (Å²) in [5, 5.41) is 10.5. The highest BCUT2D eigenvalue weighted by Crippen LogP contribution is 2.40. The molecule has 1 N–H and O–H groups in total. The lowest BCUT2D eigenvalue weighted by Gasteiger charge is -2.31. The van der Waals surface area contributed by atoms with E-state index in [2.05, 4.69) is 11.9 Å². The Labute approximate surface area is 151 Å². The Hall–Kier alpha value is -1.83. The maximum absolute atomic E-state index is 12.5. The van der Waals surface area contributed by atoms with E-state index in [9.17, 15) is 9.90 Å². The fourth-order valence-electron chi connectivity index (χ4n) is 2.69. The molecular weight excluding hydrogens is 338 g/mol. The minimum Gasteiger partial charge on any atom is -0.387 e. The summed E-state index contributed by atoms with van der Waals surface area (Å²) in [7, 11) is 1.75. The average Bonchev–Trinajstić information content (AvgIpc) is 3.12. The molecule has 7 heteroatoms. The molecule has 2 atom stereocenters. The molecule has 1 aliphatic rings. The van der Waals surface area contributed by atoms with E-state index in [0.29, 0.717) is 13.2 Å². The number of thioether (sulfide) groups is 1. The Morgan fingerprint density at radius 2 is 2.28 bits per heavy atom. The van der Waals surface area contributed by atoms with Crippen molar-refractivity contribution < 1.29 is 14.6 Å². The molecule has 3 rings (SSSR count). The summed E-state index contributed by atoms with van der Waals surface area (Å²) in [6, 6.07) is 5.73. The maximum Gasteiger partial charge on any atom is 0.266 e. The second-order valence-electron chi connectivity index (χ2n) is 6.07. The van der Waals surface area contributed by atoms with E-state index in [0.717, 1.165) is 29.0 Å². The number of benzene rings is 1. The quantitative estimate of drug-likeness (QED) is 0.768. The zero-order valence-electron chi connectivity index (χ0n) is 14.5. The highest BCUT2D eigenvalue weighted by molar-refractivity contribution is 8.00. The molecule has 25 heavy (non-hydrogen) atoms. The first-order valence-corrected chi connectivity index (χ1v) is 9.31. The molecule has 0 saturated heterocycles. The van der Waals surface area contributed by atoms with Gasteiger partial charge in [0.2, 0.25) is 0 Å². The van der Waals surface area contributed by atoms with E-state index in [1.54, 1.807) is 24.5 Å². The number of aliphatic hydroxyl groups excluding tert-OH is 1. The molecule has 0 radical (unpaired) electrons. The van der Waals surface area contributed by atoms with Gasteiger partial charge in [0, 0.05) is 30.9 Å². The Balaban J connectivity index is 1.75. The molecule has 1 aromatic heterocycles. The van der Waals surface area contributed by atoms with Crippen LogP contribution in [0.4, 0.5) is 5.69 Å². The second-order valence-corrected chi connectivity index (χ2v) is 7.18. The minimum atomic E-state index is -0.661. The SMILES string of the molecule is CCCCO[C@@H]1Sc2ccc([C@@H](O)Cn3ccnc3)cc2N(C)C1=O. The van der Waals surface area contributed by atoms with E-state index in [1.807, 2.05) is 29.0 Å². The van der Waals surface area contributed by atoms with Gasteiger partial charge in [0.25, 0.3) is 5.91 Å². The van der Waals surface area contributed by atoms with Gasteiger partial charge in [-0.3, -0.25) is 4.79 Å². The summed E-state index contributed by atoms with van der Waals surface area (Å²) < 4.78 is 7.55. The van der Waals surface area contributed by atoms with Gasteiger partial charge in [0.05, 0.1) is 24.7 Å². The van der Waals surface area contributed by atoms with E-state index >= 15 is 0 Å². The Morgan fingerprint density at radius 1 is 1.44 bits per heavy atom. The third-order valence-corrected chi connectivity index (χ3v) is 5.36. The fourth-order valence-corrected chi connectivity index (χ4v) is 3.80. The lowest BCUT2D eigenvalue weighted by atomic mass is 10.1. The van der Waals surface area contributed by atoms with Crippen LogP contribution in [0.1, 0.15) is 31.4 Å². The van der Waals surface area contributed by atoms with Crippen molar-refractivity contribution in [3.63, 3.8) is 0 Å². The van der Waals surface area contributed by atoms with Gasteiger partial charge in [-0.1, -0.05) is 31.2 Å². The minimum absolute atomic E-state index is 0.0603. The van der Waals surface area contributed by atoms with Crippen LogP contribution in [0.5, 0.6) is 0 Å². The van der Waals surface area contributed by atoms with Crippen molar-refractivity contribution in [2.45, 2.75) is 42.7 Å². The van der Waals surface area contributed by atoms with Gasteiger partial charge in [-0.15, -0.1) is 0 Å². The number of imidazole rings is 1. The summed E-state index contributed by atoms with van der Waals surface area (Å²) in [6.45, 7) is 3.11. The standard InChI is InChI=1S/C18H23N3O3S/c1-3-4-9-24-18-17(23)20(2)14-10-13(5-6-16(14)25-18)15(22)11-21-8-7-19-12-21/h5-8,10,12,15,18,22H,3-4,9,11H2,1-2H3/t15-,18+/m0/s1. The van der Waals surface area contributed by atoms with Crippen LogP contribution in [-0.4, -0.2) is 39.7 Å². The lowest BCUT2D eigenvalue weighted by Crippen LogP contribution is -2.39. The topological polar surface area (TPSA) is 67.6 Å². The van der Waals surface area contributed by atoms with Crippen LogP contribution in [0, 0.1) is 0 Å². The normalized spacial score (nSPS) is 18.3. The Kier molecular flexibility index (Phi) is 5.78. The van der Waals surface area contributed by atoms with Gasteiger partial charge < -0.3 is 19.3 Å². The average molecular weight is 361 g/mol. The fraction of sp³-hybridized carbons (Fsp3) is 0.444. The molecule has 0 fully saturated rings. The van der Waals surface area contributed by atoms with Crippen LogP contribution in [0.3, 0.4) is 0 Å². The van der Waals surface area contributed by atoms with Crippen molar-refractivity contribution in [1.29, 1.82) is 0 Å². The molecule has 134 valence electrons. The summed E-state index contributed by atoms with van der Waals surface area (Å²) in [5.74, 6) is -0.0603. The lowest BCUT2D eigenvalue weighted by molar-refractivity contribution is -0.125. The predicted molar refractivity (Wildman–Crippen MR) is 97.5 cm³/mol.